The van der Waals surface area contributed by atoms with Gasteiger partial charge in [-0.3, -0.25) is 9.59 Å². The Hall–Kier alpha value is -1.07. The van der Waals surface area contributed by atoms with Gasteiger partial charge < -0.3 is 10.6 Å². The van der Waals surface area contributed by atoms with Gasteiger partial charge >= 0.3 is 0 Å². The molecule has 1 fully saturated rings. The van der Waals surface area contributed by atoms with Crippen LogP contribution in [0.5, 0.6) is 0 Å². The van der Waals surface area contributed by atoms with Gasteiger partial charge in [0.15, 0.2) is 0 Å². The summed E-state index contributed by atoms with van der Waals surface area (Å²) in [7, 11) is 0. The molecular weight excluding hydrogens is 332 g/mol. The molecule has 0 heterocycles. The summed E-state index contributed by atoms with van der Waals surface area (Å²) < 4.78 is 0.757. The molecule has 1 aromatic rings. The van der Waals surface area contributed by atoms with Gasteiger partial charge in [0.2, 0.25) is 5.91 Å². The zero-order chi connectivity index (χ0) is 13.8. The molecule has 0 bridgehead atoms. The van der Waals surface area contributed by atoms with Gasteiger partial charge in [0, 0.05) is 34.1 Å². The van der Waals surface area contributed by atoms with Crippen LogP contribution in [0.15, 0.2) is 22.7 Å². The highest BCUT2D eigenvalue weighted by Crippen LogP contribution is 2.28. The minimum absolute atomic E-state index is 0.0831. The Balaban J connectivity index is 1.75. The van der Waals surface area contributed by atoms with Gasteiger partial charge in [0.1, 0.15) is 0 Å². The van der Waals surface area contributed by atoms with Gasteiger partial charge in [0.25, 0.3) is 5.91 Å². The number of hydrogen-bond donors (Lipinski definition) is 2. The van der Waals surface area contributed by atoms with E-state index >= 15 is 0 Å². The molecule has 0 aromatic heterocycles. The van der Waals surface area contributed by atoms with Crippen LogP contribution in [-0.2, 0) is 4.79 Å². The van der Waals surface area contributed by atoms with E-state index in [0.29, 0.717) is 23.7 Å². The lowest BCUT2D eigenvalue weighted by Gasteiger charge is -2.07. The number of halogens is 2. The number of rotatable bonds is 5. The molecule has 1 aromatic carbocycles. The molecule has 6 heteroatoms. The van der Waals surface area contributed by atoms with Crippen LogP contribution in [0.25, 0.3) is 0 Å². The molecule has 102 valence electrons. The normalized spacial score (nSPS) is 14.0. The third-order valence-corrected chi connectivity index (χ3v) is 3.46. The van der Waals surface area contributed by atoms with E-state index < -0.39 is 0 Å². The maximum absolute atomic E-state index is 11.8. The summed E-state index contributed by atoms with van der Waals surface area (Å²) >= 11 is 9.16. The standard InChI is InChI=1S/C13H14BrClN2O2/c14-10-5-9(6-11(15)7-10)13(19)17-4-3-16-12(18)8-1-2-8/h5-8H,1-4H2,(H,16,18)(H,17,19). The Labute approximate surface area is 125 Å². The van der Waals surface area contributed by atoms with Crippen LogP contribution in [-0.4, -0.2) is 24.9 Å². The Morgan fingerprint density at radius 1 is 1.21 bits per heavy atom. The third-order valence-electron chi connectivity index (χ3n) is 2.78. The fourth-order valence-corrected chi connectivity index (χ4v) is 2.50. The maximum Gasteiger partial charge on any atom is 0.251 e. The van der Waals surface area contributed by atoms with E-state index in [-0.39, 0.29) is 17.7 Å². The first kappa shape index (κ1) is 14.3. The van der Waals surface area contributed by atoms with Crippen LogP contribution in [0.2, 0.25) is 5.02 Å². The molecule has 1 aliphatic rings. The first-order valence-electron chi connectivity index (χ1n) is 6.08. The molecule has 2 amide bonds. The SMILES string of the molecule is O=C(NCCNC(=O)C1CC1)c1cc(Cl)cc(Br)c1. The summed E-state index contributed by atoms with van der Waals surface area (Å²) in [6, 6.07) is 5.02. The minimum atomic E-state index is -0.205. The Bertz CT molecular complexity index is 483. The van der Waals surface area contributed by atoms with Crippen LogP contribution in [0.1, 0.15) is 23.2 Å². The van der Waals surface area contributed by atoms with Gasteiger partial charge in [-0.05, 0) is 31.0 Å². The van der Waals surface area contributed by atoms with E-state index in [1.807, 2.05) is 0 Å². The number of hydrogen-bond acceptors (Lipinski definition) is 2. The lowest BCUT2D eigenvalue weighted by molar-refractivity contribution is -0.122. The average Bonchev–Trinajstić information content (AvgIpc) is 3.17. The van der Waals surface area contributed by atoms with E-state index in [2.05, 4.69) is 26.6 Å². The molecule has 4 nitrogen and oxygen atoms in total. The first-order valence-corrected chi connectivity index (χ1v) is 7.25. The van der Waals surface area contributed by atoms with Crippen LogP contribution < -0.4 is 10.6 Å². The summed E-state index contributed by atoms with van der Waals surface area (Å²) in [6.45, 7) is 0.851. The summed E-state index contributed by atoms with van der Waals surface area (Å²) in [5.41, 5.74) is 0.493. The molecule has 1 saturated carbocycles. The van der Waals surface area contributed by atoms with Crippen molar-refractivity contribution >= 4 is 39.3 Å². The second kappa shape index (κ2) is 6.39. The smallest absolute Gasteiger partial charge is 0.251 e. The average molecular weight is 346 g/mol. The maximum atomic E-state index is 11.8. The van der Waals surface area contributed by atoms with Crippen molar-refractivity contribution in [2.24, 2.45) is 5.92 Å². The molecule has 0 unspecified atom stereocenters. The lowest BCUT2D eigenvalue weighted by atomic mass is 10.2. The highest BCUT2D eigenvalue weighted by Gasteiger charge is 2.28. The highest BCUT2D eigenvalue weighted by atomic mass is 79.9. The summed E-state index contributed by atoms with van der Waals surface area (Å²) in [5, 5.41) is 6.02. The summed E-state index contributed by atoms with van der Waals surface area (Å²) in [4.78, 5) is 23.2. The van der Waals surface area contributed by atoms with Crippen molar-refractivity contribution in [3.05, 3.63) is 33.3 Å². The number of nitrogens with one attached hydrogen (secondary N) is 2. The Morgan fingerprint density at radius 2 is 1.89 bits per heavy atom. The van der Waals surface area contributed by atoms with Crippen LogP contribution in [0.3, 0.4) is 0 Å². The van der Waals surface area contributed by atoms with Gasteiger partial charge in [0.05, 0.1) is 0 Å². The van der Waals surface area contributed by atoms with Crippen LogP contribution in [0.4, 0.5) is 0 Å². The van der Waals surface area contributed by atoms with Crippen molar-refractivity contribution in [1.29, 1.82) is 0 Å². The highest BCUT2D eigenvalue weighted by molar-refractivity contribution is 9.10. The topological polar surface area (TPSA) is 58.2 Å². The van der Waals surface area contributed by atoms with E-state index in [4.69, 9.17) is 11.6 Å². The van der Waals surface area contributed by atoms with Crippen molar-refractivity contribution in [2.75, 3.05) is 13.1 Å². The van der Waals surface area contributed by atoms with E-state index in [1.165, 1.54) is 0 Å². The Kier molecular flexibility index (Phi) is 4.82. The summed E-state index contributed by atoms with van der Waals surface area (Å²) in [5.74, 6) is 0.0724. The predicted octanol–water partition coefficient (Wildman–Crippen LogP) is 2.36. The number of carbonyl (C=O) groups excluding carboxylic acids is 2. The largest absolute Gasteiger partial charge is 0.354 e. The predicted molar refractivity (Wildman–Crippen MR) is 77.2 cm³/mol. The molecule has 2 rings (SSSR count). The van der Waals surface area contributed by atoms with E-state index in [9.17, 15) is 9.59 Å². The fourth-order valence-electron chi connectivity index (χ4n) is 1.64. The molecule has 0 radical (unpaired) electrons. The second-order valence-electron chi connectivity index (χ2n) is 4.48. The molecular formula is C13H14BrClN2O2. The van der Waals surface area contributed by atoms with Gasteiger partial charge in [-0.25, -0.2) is 0 Å². The number of benzene rings is 1. The number of carbonyl (C=O) groups is 2. The molecule has 0 spiro atoms. The van der Waals surface area contributed by atoms with Gasteiger partial charge in [-0.2, -0.15) is 0 Å². The lowest BCUT2D eigenvalue weighted by Crippen LogP contribution is -2.35. The van der Waals surface area contributed by atoms with Gasteiger partial charge in [-0.1, -0.05) is 27.5 Å². The van der Waals surface area contributed by atoms with E-state index in [1.54, 1.807) is 18.2 Å². The zero-order valence-electron chi connectivity index (χ0n) is 10.2. The van der Waals surface area contributed by atoms with Crippen molar-refractivity contribution in [2.45, 2.75) is 12.8 Å². The van der Waals surface area contributed by atoms with Crippen LogP contribution in [0, 0.1) is 5.92 Å². The van der Waals surface area contributed by atoms with Gasteiger partial charge in [-0.15, -0.1) is 0 Å². The Morgan fingerprint density at radius 3 is 2.53 bits per heavy atom. The molecule has 0 atom stereocenters. The summed E-state index contributed by atoms with van der Waals surface area (Å²) in [6.07, 6.45) is 1.96. The third kappa shape index (κ3) is 4.51. The van der Waals surface area contributed by atoms with Crippen molar-refractivity contribution in [3.63, 3.8) is 0 Å². The fraction of sp³-hybridized carbons (Fsp3) is 0.385. The van der Waals surface area contributed by atoms with Crippen molar-refractivity contribution in [1.82, 2.24) is 10.6 Å². The quantitative estimate of drug-likeness (QED) is 0.805. The zero-order valence-corrected chi connectivity index (χ0v) is 12.6. The molecule has 0 saturated heterocycles. The first-order chi connectivity index (χ1) is 9.06. The monoisotopic (exact) mass is 344 g/mol. The van der Waals surface area contributed by atoms with Crippen molar-refractivity contribution < 1.29 is 9.59 Å². The molecule has 2 N–H and O–H groups in total. The molecule has 19 heavy (non-hydrogen) atoms. The van der Waals surface area contributed by atoms with E-state index in [0.717, 1.165) is 17.3 Å². The number of amides is 2. The molecule has 0 aliphatic heterocycles. The van der Waals surface area contributed by atoms with Crippen molar-refractivity contribution in [3.8, 4) is 0 Å². The van der Waals surface area contributed by atoms with Crippen LogP contribution >= 0.6 is 27.5 Å². The molecule has 1 aliphatic carbocycles. The second-order valence-corrected chi connectivity index (χ2v) is 5.83. The minimum Gasteiger partial charge on any atom is -0.354 e.